The Labute approximate surface area is 92.9 Å². The number of benzene rings is 1. The molecule has 0 aliphatic heterocycles. The Morgan fingerprint density at radius 3 is 3.00 bits per heavy atom. The number of nitrogens with one attached hydrogen (secondary N) is 1. The van der Waals surface area contributed by atoms with E-state index >= 15 is 0 Å². The van der Waals surface area contributed by atoms with Crippen molar-refractivity contribution < 1.29 is 0 Å². The molecule has 1 aliphatic rings. The molecule has 1 heteroatoms. The molecule has 2 rings (SSSR count). The van der Waals surface area contributed by atoms with E-state index in [0.717, 1.165) is 0 Å². The van der Waals surface area contributed by atoms with Crippen molar-refractivity contribution in [3.8, 4) is 0 Å². The summed E-state index contributed by atoms with van der Waals surface area (Å²) in [4.78, 5) is 0. The van der Waals surface area contributed by atoms with Crippen molar-refractivity contribution in [3.63, 3.8) is 0 Å². The molecule has 0 bridgehead atoms. The lowest BCUT2D eigenvalue weighted by atomic mass is 9.98. The van der Waals surface area contributed by atoms with Gasteiger partial charge in [-0.05, 0) is 49.4 Å². The summed E-state index contributed by atoms with van der Waals surface area (Å²) in [7, 11) is 2.07. The van der Waals surface area contributed by atoms with E-state index in [2.05, 4.69) is 37.5 Å². The van der Waals surface area contributed by atoms with E-state index in [0.29, 0.717) is 6.04 Å². The predicted octanol–water partition coefficient (Wildman–Crippen LogP) is 3.24. The number of hydrogen-bond acceptors (Lipinski definition) is 1. The zero-order valence-electron chi connectivity index (χ0n) is 9.84. The lowest BCUT2D eigenvalue weighted by Gasteiger charge is -2.11. The fourth-order valence-corrected chi connectivity index (χ4v) is 2.63. The largest absolute Gasteiger partial charge is 0.313 e. The fourth-order valence-electron chi connectivity index (χ4n) is 2.63. The Hall–Kier alpha value is -0.820. The minimum absolute atomic E-state index is 0.599. The van der Waals surface area contributed by atoms with Gasteiger partial charge in [-0.2, -0.15) is 0 Å². The van der Waals surface area contributed by atoms with Crippen LogP contribution in [-0.4, -0.2) is 7.05 Å². The molecule has 0 heterocycles. The first kappa shape index (κ1) is 10.7. The number of hydrogen-bond donors (Lipinski definition) is 1. The third kappa shape index (κ3) is 2.07. The molecule has 0 fully saturated rings. The molecule has 0 aromatic heterocycles. The van der Waals surface area contributed by atoms with Gasteiger partial charge in [0.15, 0.2) is 0 Å². The summed E-state index contributed by atoms with van der Waals surface area (Å²) in [6.07, 6.45) is 6.41. The maximum atomic E-state index is 3.40. The summed E-state index contributed by atoms with van der Waals surface area (Å²) >= 11 is 0. The number of unbranched alkanes of at least 4 members (excludes halogenated alkanes) is 1. The Morgan fingerprint density at radius 2 is 2.27 bits per heavy atom. The van der Waals surface area contributed by atoms with Crippen molar-refractivity contribution in [2.75, 3.05) is 7.05 Å². The Morgan fingerprint density at radius 1 is 1.40 bits per heavy atom. The van der Waals surface area contributed by atoms with Gasteiger partial charge in [0.05, 0.1) is 0 Å². The normalized spacial score (nSPS) is 19.2. The molecule has 82 valence electrons. The van der Waals surface area contributed by atoms with Gasteiger partial charge in [-0.25, -0.2) is 0 Å². The highest BCUT2D eigenvalue weighted by atomic mass is 14.9. The minimum atomic E-state index is 0.599. The highest BCUT2D eigenvalue weighted by molar-refractivity contribution is 5.41. The molecule has 0 amide bonds. The van der Waals surface area contributed by atoms with Crippen LogP contribution in [0.2, 0.25) is 0 Å². The van der Waals surface area contributed by atoms with Gasteiger partial charge in [0.25, 0.3) is 0 Å². The van der Waals surface area contributed by atoms with Crippen molar-refractivity contribution in [1.29, 1.82) is 0 Å². The second-order valence-electron chi connectivity index (χ2n) is 4.47. The van der Waals surface area contributed by atoms with E-state index in [1.54, 1.807) is 16.7 Å². The van der Waals surface area contributed by atoms with Crippen molar-refractivity contribution in [2.24, 2.45) is 0 Å². The Kier molecular flexibility index (Phi) is 3.42. The van der Waals surface area contributed by atoms with Gasteiger partial charge >= 0.3 is 0 Å². The summed E-state index contributed by atoms with van der Waals surface area (Å²) in [5.74, 6) is 0. The number of aryl methyl sites for hydroxylation is 1. The van der Waals surface area contributed by atoms with Gasteiger partial charge in [-0.1, -0.05) is 31.5 Å². The van der Waals surface area contributed by atoms with Crippen LogP contribution in [0.15, 0.2) is 18.2 Å². The first-order valence-corrected chi connectivity index (χ1v) is 6.14. The summed E-state index contributed by atoms with van der Waals surface area (Å²) in [5, 5.41) is 3.40. The number of rotatable bonds is 4. The second-order valence-corrected chi connectivity index (χ2v) is 4.47. The quantitative estimate of drug-likeness (QED) is 0.792. The van der Waals surface area contributed by atoms with E-state index in [1.165, 1.54) is 32.1 Å². The standard InChI is InChI=1S/C14H21N/c1-3-4-6-11-7-5-8-13-12(11)9-10-14(13)15-2/h5,7-8,14-15H,3-4,6,9-10H2,1-2H3. The van der Waals surface area contributed by atoms with Crippen LogP contribution in [0.3, 0.4) is 0 Å². The molecule has 1 atom stereocenters. The highest BCUT2D eigenvalue weighted by Gasteiger charge is 2.22. The van der Waals surface area contributed by atoms with Crippen molar-refractivity contribution in [1.82, 2.24) is 5.32 Å². The van der Waals surface area contributed by atoms with Crippen molar-refractivity contribution >= 4 is 0 Å². The van der Waals surface area contributed by atoms with Gasteiger partial charge in [0, 0.05) is 6.04 Å². The van der Waals surface area contributed by atoms with Crippen LogP contribution in [0.25, 0.3) is 0 Å². The van der Waals surface area contributed by atoms with Crippen LogP contribution in [-0.2, 0) is 12.8 Å². The average molecular weight is 203 g/mol. The highest BCUT2D eigenvalue weighted by Crippen LogP contribution is 2.33. The van der Waals surface area contributed by atoms with Crippen molar-refractivity contribution in [3.05, 3.63) is 34.9 Å². The molecule has 1 N–H and O–H groups in total. The molecule has 1 unspecified atom stereocenters. The molecule has 15 heavy (non-hydrogen) atoms. The van der Waals surface area contributed by atoms with E-state index < -0.39 is 0 Å². The topological polar surface area (TPSA) is 12.0 Å². The summed E-state index contributed by atoms with van der Waals surface area (Å²) < 4.78 is 0. The predicted molar refractivity (Wildman–Crippen MR) is 65.2 cm³/mol. The third-order valence-corrected chi connectivity index (χ3v) is 3.52. The Balaban J connectivity index is 2.23. The molecular formula is C14H21N. The fraction of sp³-hybridized carbons (Fsp3) is 0.571. The second kappa shape index (κ2) is 4.80. The molecule has 1 aromatic carbocycles. The summed E-state index contributed by atoms with van der Waals surface area (Å²) in [6, 6.07) is 7.42. The van der Waals surface area contributed by atoms with E-state index in [1.807, 2.05) is 0 Å². The lowest BCUT2D eigenvalue weighted by molar-refractivity contribution is 0.590. The first-order valence-electron chi connectivity index (χ1n) is 6.14. The molecule has 0 saturated carbocycles. The van der Waals surface area contributed by atoms with E-state index in [-0.39, 0.29) is 0 Å². The molecule has 0 spiro atoms. The molecule has 0 saturated heterocycles. The molecule has 1 aromatic rings. The maximum Gasteiger partial charge on any atom is 0.0323 e. The van der Waals surface area contributed by atoms with Crippen LogP contribution in [0, 0.1) is 0 Å². The lowest BCUT2D eigenvalue weighted by Crippen LogP contribution is -2.12. The Bertz CT molecular complexity index is 330. The van der Waals surface area contributed by atoms with Crippen LogP contribution in [0.5, 0.6) is 0 Å². The molecule has 1 nitrogen and oxygen atoms in total. The van der Waals surface area contributed by atoms with Gasteiger partial charge in [-0.15, -0.1) is 0 Å². The smallest absolute Gasteiger partial charge is 0.0323 e. The van der Waals surface area contributed by atoms with E-state index in [4.69, 9.17) is 0 Å². The maximum absolute atomic E-state index is 3.40. The van der Waals surface area contributed by atoms with E-state index in [9.17, 15) is 0 Å². The SMILES string of the molecule is CCCCc1cccc2c1CCC2NC. The minimum Gasteiger partial charge on any atom is -0.313 e. The van der Waals surface area contributed by atoms with Gasteiger partial charge < -0.3 is 5.32 Å². The zero-order valence-corrected chi connectivity index (χ0v) is 9.84. The third-order valence-electron chi connectivity index (χ3n) is 3.52. The van der Waals surface area contributed by atoms with Crippen LogP contribution < -0.4 is 5.32 Å². The van der Waals surface area contributed by atoms with Crippen LogP contribution in [0.4, 0.5) is 0 Å². The zero-order chi connectivity index (χ0) is 10.7. The molecule has 0 radical (unpaired) electrons. The van der Waals surface area contributed by atoms with Crippen LogP contribution in [0.1, 0.15) is 48.9 Å². The van der Waals surface area contributed by atoms with Crippen LogP contribution >= 0.6 is 0 Å². The average Bonchev–Trinajstić information content (AvgIpc) is 2.69. The molecule has 1 aliphatic carbocycles. The number of fused-ring (bicyclic) bond motifs is 1. The van der Waals surface area contributed by atoms with Gasteiger partial charge in [0.1, 0.15) is 0 Å². The summed E-state index contributed by atoms with van der Waals surface area (Å²) in [6.45, 7) is 2.26. The monoisotopic (exact) mass is 203 g/mol. The van der Waals surface area contributed by atoms with Gasteiger partial charge in [-0.3, -0.25) is 0 Å². The van der Waals surface area contributed by atoms with Gasteiger partial charge in [0.2, 0.25) is 0 Å². The summed E-state index contributed by atoms with van der Waals surface area (Å²) in [5.41, 5.74) is 4.77. The molecular weight excluding hydrogens is 182 g/mol. The first-order chi connectivity index (χ1) is 7.36. The van der Waals surface area contributed by atoms with Crippen molar-refractivity contribution in [2.45, 2.75) is 45.1 Å².